The number of imide groups is 2. The molecule has 3 fully saturated rings. The van der Waals surface area contributed by atoms with Crippen molar-refractivity contribution in [1.82, 2.24) is 15.5 Å². The van der Waals surface area contributed by atoms with E-state index in [1.807, 2.05) is 13.1 Å². The summed E-state index contributed by atoms with van der Waals surface area (Å²) >= 11 is 0. The zero-order chi connectivity index (χ0) is 25.6. The maximum atomic E-state index is 13.6. The van der Waals surface area contributed by atoms with E-state index in [1.165, 1.54) is 0 Å². The maximum absolute atomic E-state index is 13.6. The number of piperidine rings is 1. The lowest BCUT2D eigenvalue weighted by Gasteiger charge is -2.42. The van der Waals surface area contributed by atoms with Crippen LogP contribution >= 0.6 is 0 Å². The van der Waals surface area contributed by atoms with Gasteiger partial charge in [0.05, 0.1) is 11.1 Å². The topological polar surface area (TPSA) is 98.8 Å². The molecule has 0 radical (unpaired) electrons. The standard InChI is InChI=1S/C26H32F2N4O4/c1-31(20-5-3-2-4-19(20)29-15-10-12-26(27,28)13-11-15)16-6-7-17-18(14-16)25(36)32(24(17)35)21-8-9-22(33)30-23(21)34/h6-7,14-15,19-21,29H,2-5,8-13H2,1H3,(H,30,33,34). The predicted octanol–water partition coefficient (Wildman–Crippen LogP) is 3.00. The highest BCUT2D eigenvalue weighted by molar-refractivity contribution is 6.23. The van der Waals surface area contributed by atoms with Gasteiger partial charge in [0, 0.05) is 50.1 Å². The van der Waals surface area contributed by atoms with Crippen molar-refractivity contribution >= 4 is 29.3 Å². The number of nitrogens with zero attached hydrogens (tertiary/aromatic N) is 2. The van der Waals surface area contributed by atoms with Crippen molar-refractivity contribution in [2.24, 2.45) is 0 Å². The van der Waals surface area contributed by atoms with Gasteiger partial charge in [0.2, 0.25) is 17.7 Å². The van der Waals surface area contributed by atoms with E-state index >= 15 is 0 Å². The summed E-state index contributed by atoms with van der Waals surface area (Å²) in [5, 5.41) is 5.86. The average molecular weight is 503 g/mol. The quantitative estimate of drug-likeness (QED) is 0.601. The lowest BCUT2D eigenvalue weighted by molar-refractivity contribution is -0.136. The van der Waals surface area contributed by atoms with Gasteiger partial charge >= 0.3 is 0 Å². The maximum Gasteiger partial charge on any atom is 0.262 e. The number of likely N-dealkylation sites (N-methyl/N-ethyl adjacent to an activating group) is 1. The number of hydrogen-bond donors (Lipinski definition) is 2. The largest absolute Gasteiger partial charge is 0.370 e. The Morgan fingerprint density at radius 3 is 2.39 bits per heavy atom. The van der Waals surface area contributed by atoms with Crippen LogP contribution in [0.1, 0.15) is 84.9 Å². The second kappa shape index (κ2) is 9.53. The normalized spacial score (nSPS) is 28.8. The van der Waals surface area contributed by atoms with Gasteiger partial charge in [0.25, 0.3) is 11.8 Å². The van der Waals surface area contributed by atoms with E-state index in [0.29, 0.717) is 12.8 Å². The molecule has 2 heterocycles. The highest BCUT2D eigenvalue weighted by atomic mass is 19.3. The molecule has 2 N–H and O–H groups in total. The summed E-state index contributed by atoms with van der Waals surface area (Å²) in [7, 11) is 1.96. The first-order valence-corrected chi connectivity index (χ1v) is 12.9. The number of benzene rings is 1. The molecule has 0 bridgehead atoms. The van der Waals surface area contributed by atoms with Gasteiger partial charge in [-0.05, 0) is 50.3 Å². The number of alkyl halides is 2. The highest BCUT2D eigenvalue weighted by Crippen LogP contribution is 2.36. The second-order valence-electron chi connectivity index (χ2n) is 10.5. The number of carbonyl (C=O) groups excluding carboxylic acids is 4. The summed E-state index contributed by atoms with van der Waals surface area (Å²) in [4.78, 5) is 53.1. The van der Waals surface area contributed by atoms with Crippen molar-refractivity contribution in [1.29, 1.82) is 0 Å². The molecule has 8 nitrogen and oxygen atoms in total. The summed E-state index contributed by atoms with van der Waals surface area (Å²) in [6, 6.07) is 4.49. The van der Waals surface area contributed by atoms with Gasteiger partial charge in [-0.2, -0.15) is 0 Å². The third kappa shape index (κ3) is 4.63. The molecule has 2 aliphatic heterocycles. The van der Waals surface area contributed by atoms with Crippen molar-refractivity contribution in [3.8, 4) is 0 Å². The molecule has 10 heteroatoms. The van der Waals surface area contributed by atoms with E-state index in [4.69, 9.17) is 0 Å². The Labute approximate surface area is 208 Å². The molecule has 0 aromatic heterocycles. The molecule has 1 saturated heterocycles. The van der Waals surface area contributed by atoms with Crippen LogP contribution in [0.3, 0.4) is 0 Å². The van der Waals surface area contributed by atoms with Gasteiger partial charge in [-0.15, -0.1) is 0 Å². The van der Waals surface area contributed by atoms with Crippen molar-refractivity contribution in [3.63, 3.8) is 0 Å². The first-order chi connectivity index (χ1) is 17.1. The average Bonchev–Trinajstić information content (AvgIpc) is 3.10. The number of anilines is 1. The molecule has 194 valence electrons. The van der Waals surface area contributed by atoms with Crippen LogP contribution in [0, 0.1) is 0 Å². The molecule has 2 aliphatic carbocycles. The molecular formula is C26H32F2N4O4. The van der Waals surface area contributed by atoms with Crippen molar-refractivity contribution in [2.45, 2.75) is 94.3 Å². The number of halogens is 2. The van der Waals surface area contributed by atoms with Crippen LogP contribution in [0.5, 0.6) is 0 Å². The molecule has 2 saturated carbocycles. The molecule has 3 unspecified atom stereocenters. The molecule has 4 amide bonds. The Hall–Kier alpha value is -2.88. The number of amides is 4. The smallest absolute Gasteiger partial charge is 0.262 e. The van der Waals surface area contributed by atoms with E-state index in [1.54, 1.807) is 12.1 Å². The van der Waals surface area contributed by atoms with Crippen LogP contribution in [0.15, 0.2) is 18.2 Å². The van der Waals surface area contributed by atoms with Crippen LogP contribution in [0.4, 0.5) is 14.5 Å². The van der Waals surface area contributed by atoms with Gasteiger partial charge < -0.3 is 10.2 Å². The minimum absolute atomic E-state index is 0.0740. The van der Waals surface area contributed by atoms with Crippen LogP contribution < -0.4 is 15.5 Å². The van der Waals surface area contributed by atoms with Gasteiger partial charge in [0.15, 0.2) is 0 Å². The number of fused-ring (bicyclic) bond motifs is 1. The Morgan fingerprint density at radius 2 is 1.67 bits per heavy atom. The third-order valence-corrected chi connectivity index (χ3v) is 8.22. The molecule has 5 rings (SSSR count). The Bertz CT molecular complexity index is 1080. The summed E-state index contributed by atoms with van der Waals surface area (Å²) in [6.07, 6.45) is 4.97. The number of hydrogen-bond acceptors (Lipinski definition) is 6. The number of carbonyl (C=O) groups is 4. The number of nitrogens with one attached hydrogen (secondary N) is 2. The molecule has 1 aromatic rings. The Kier molecular flexibility index (Phi) is 6.57. The minimum atomic E-state index is -2.56. The molecule has 0 spiro atoms. The highest BCUT2D eigenvalue weighted by Gasteiger charge is 2.45. The van der Waals surface area contributed by atoms with Crippen LogP contribution in [-0.2, 0) is 9.59 Å². The summed E-state index contributed by atoms with van der Waals surface area (Å²) in [6.45, 7) is 0. The van der Waals surface area contributed by atoms with Crippen molar-refractivity contribution in [3.05, 3.63) is 29.3 Å². The van der Waals surface area contributed by atoms with Crippen molar-refractivity contribution in [2.75, 3.05) is 11.9 Å². The van der Waals surface area contributed by atoms with E-state index in [-0.39, 0.29) is 54.9 Å². The van der Waals surface area contributed by atoms with Gasteiger partial charge in [0.1, 0.15) is 6.04 Å². The molecular weight excluding hydrogens is 470 g/mol. The fourth-order valence-corrected chi connectivity index (χ4v) is 6.15. The minimum Gasteiger partial charge on any atom is -0.370 e. The Morgan fingerprint density at radius 1 is 0.972 bits per heavy atom. The Balaban J connectivity index is 1.32. The lowest BCUT2D eigenvalue weighted by Crippen LogP contribution is -2.54. The zero-order valence-corrected chi connectivity index (χ0v) is 20.4. The van der Waals surface area contributed by atoms with Crippen LogP contribution in [-0.4, -0.2) is 65.7 Å². The third-order valence-electron chi connectivity index (χ3n) is 8.22. The van der Waals surface area contributed by atoms with Gasteiger partial charge in [-0.25, -0.2) is 8.78 Å². The van der Waals surface area contributed by atoms with Crippen molar-refractivity contribution < 1.29 is 28.0 Å². The zero-order valence-electron chi connectivity index (χ0n) is 20.4. The SMILES string of the molecule is CN(c1ccc2c(c1)C(=O)N(C1CCC(=O)NC1=O)C2=O)C1CCCCC1NC1CCC(F)(F)CC1. The predicted molar refractivity (Wildman–Crippen MR) is 128 cm³/mol. The van der Waals surface area contributed by atoms with Crippen LogP contribution in [0.2, 0.25) is 0 Å². The molecule has 3 atom stereocenters. The van der Waals surface area contributed by atoms with Gasteiger partial charge in [-0.3, -0.25) is 29.4 Å². The molecule has 4 aliphatic rings. The second-order valence-corrected chi connectivity index (χ2v) is 10.5. The molecule has 1 aromatic carbocycles. The summed E-state index contributed by atoms with van der Waals surface area (Å²) in [5.41, 5.74) is 1.29. The van der Waals surface area contributed by atoms with E-state index in [9.17, 15) is 28.0 Å². The van der Waals surface area contributed by atoms with E-state index < -0.39 is 35.6 Å². The fraction of sp³-hybridized carbons (Fsp3) is 0.615. The summed E-state index contributed by atoms with van der Waals surface area (Å²) < 4.78 is 27.2. The first-order valence-electron chi connectivity index (χ1n) is 12.9. The fourth-order valence-electron chi connectivity index (χ4n) is 6.15. The van der Waals surface area contributed by atoms with Crippen LogP contribution in [0.25, 0.3) is 0 Å². The first kappa shape index (κ1) is 24.8. The van der Waals surface area contributed by atoms with Gasteiger partial charge in [-0.1, -0.05) is 12.8 Å². The molecule has 36 heavy (non-hydrogen) atoms. The van der Waals surface area contributed by atoms with E-state index in [2.05, 4.69) is 15.5 Å². The monoisotopic (exact) mass is 502 g/mol. The number of rotatable bonds is 5. The summed E-state index contributed by atoms with van der Waals surface area (Å²) in [5.74, 6) is -4.65. The lowest BCUT2D eigenvalue weighted by atomic mass is 9.86. The van der Waals surface area contributed by atoms with E-state index in [0.717, 1.165) is 36.3 Å².